The molecule has 1 heterocycles. The smallest absolute Gasteiger partial charge is 0.190 e. The van der Waals surface area contributed by atoms with Crippen LogP contribution in [-0.2, 0) is 6.54 Å². The van der Waals surface area contributed by atoms with Crippen LogP contribution in [0.25, 0.3) is 22.2 Å². The van der Waals surface area contributed by atoms with E-state index in [-0.39, 0.29) is 5.43 Å². The molecule has 0 bridgehead atoms. The van der Waals surface area contributed by atoms with Gasteiger partial charge in [0.2, 0.25) is 0 Å². The summed E-state index contributed by atoms with van der Waals surface area (Å²) in [7, 11) is 0. The van der Waals surface area contributed by atoms with Crippen molar-refractivity contribution in [2.75, 3.05) is 0 Å². The highest BCUT2D eigenvalue weighted by atomic mass is 16.1. The molecule has 22 heavy (non-hydrogen) atoms. The number of unbranched alkanes of at least 4 members (excludes halogenated alkanes) is 1. The Morgan fingerprint density at radius 2 is 1.73 bits per heavy atom. The molecule has 0 radical (unpaired) electrons. The van der Waals surface area contributed by atoms with E-state index in [1.807, 2.05) is 24.3 Å². The average molecular weight is 291 g/mol. The lowest BCUT2D eigenvalue weighted by Crippen LogP contribution is -2.12. The lowest BCUT2D eigenvalue weighted by atomic mass is 10.1. The summed E-state index contributed by atoms with van der Waals surface area (Å²) in [6.07, 6.45) is 2.24. The van der Waals surface area contributed by atoms with E-state index in [1.165, 1.54) is 5.56 Å². The van der Waals surface area contributed by atoms with Crippen LogP contribution in [0.1, 0.15) is 25.3 Å². The van der Waals surface area contributed by atoms with E-state index in [0.29, 0.717) is 0 Å². The molecule has 0 amide bonds. The average Bonchev–Trinajstić information content (AvgIpc) is 2.55. The zero-order valence-electron chi connectivity index (χ0n) is 13.2. The quantitative estimate of drug-likeness (QED) is 0.678. The molecule has 0 aliphatic heterocycles. The largest absolute Gasteiger partial charge is 0.340 e. The third kappa shape index (κ3) is 2.69. The Bertz CT molecular complexity index is 844. The second kappa shape index (κ2) is 6.18. The van der Waals surface area contributed by atoms with Crippen LogP contribution < -0.4 is 5.43 Å². The van der Waals surface area contributed by atoms with Crippen LogP contribution >= 0.6 is 0 Å². The Morgan fingerprint density at radius 3 is 2.45 bits per heavy atom. The maximum Gasteiger partial charge on any atom is 0.190 e. The number of aromatic nitrogens is 1. The van der Waals surface area contributed by atoms with Gasteiger partial charge in [-0.1, -0.05) is 55.3 Å². The van der Waals surface area contributed by atoms with Crippen molar-refractivity contribution in [3.8, 4) is 11.3 Å². The zero-order valence-corrected chi connectivity index (χ0v) is 13.2. The van der Waals surface area contributed by atoms with E-state index in [0.717, 1.165) is 41.5 Å². The number of benzene rings is 2. The maximum absolute atomic E-state index is 12.5. The number of rotatable bonds is 4. The van der Waals surface area contributed by atoms with Crippen LogP contribution in [-0.4, -0.2) is 4.57 Å². The summed E-state index contributed by atoms with van der Waals surface area (Å²) in [4.78, 5) is 12.5. The van der Waals surface area contributed by atoms with Crippen molar-refractivity contribution in [3.63, 3.8) is 0 Å². The summed E-state index contributed by atoms with van der Waals surface area (Å²) in [5.74, 6) is 0. The van der Waals surface area contributed by atoms with Gasteiger partial charge >= 0.3 is 0 Å². The van der Waals surface area contributed by atoms with Gasteiger partial charge in [-0.25, -0.2) is 0 Å². The van der Waals surface area contributed by atoms with Gasteiger partial charge in [-0.15, -0.1) is 0 Å². The molecule has 2 heteroatoms. The monoisotopic (exact) mass is 291 g/mol. The van der Waals surface area contributed by atoms with Crippen LogP contribution in [0.3, 0.4) is 0 Å². The molecular weight excluding hydrogens is 270 g/mol. The fraction of sp³-hybridized carbons (Fsp3) is 0.250. The number of fused-ring (bicyclic) bond motifs is 1. The topological polar surface area (TPSA) is 22.0 Å². The van der Waals surface area contributed by atoms with E-state index in [2.05, 4.69) is 42.7 Å². The van der Waals surface area contributed by atoms with Crippen LogP contribution in [0, 0.1) is 6.92 Å². The normalized spacial score (nSPS) is 11.0. The number of pyridine rings is 1. The van der Waals surface area contributed by atoms with Crippen molar-refractivity contribution in [2.24, 2.45) is 0 Å². The lowest BCUT2D eigenvalue weighted by molar-refractivity contribution is 0.651. The maximum atomic E-state index is 12.5. The zero-order chi connectivity index (χ0) is 15.5. The van der Waals surface area contributed by atoms with Crippen molar-refractivity contribution in [1.82, 2.24) is 4.57 Å². The summed E-state index contributed by atoms with van der Waals surface area (Å²) in [5.41, 5.74) is 4.46. The third-order valence-corrected chi connectivity index (χ3v) is 4.10. The van der Waals surface area contributed by atoms with E-state index in [1.54, 1.807) is 6.07 Å². The summed E-state index contributed by atoms with van der Waals surface area (Å²) in [6, 6.07) is 18.1. The highest BCUT2D eigenvalue weighted by molar-refractivity contribution is 5.82. The minimum atomic E-state index is 0.0962. The second-order valence-electron chi connectivity index (χ2n) is 5.78. The third-order valence-electron chi connectivity index (χ3n) is 4.10. The van der Waals surface area contributed by atoms with Crippen LogP contribution in [0.15, 0.2) is 59.4 Å². The number of nitrogens with zero attached hydrogens (tertiary/aromatic N) is 1. The minimum absolute atomic E-state index is 0.0962. The van der Waals surface area contributed by atoms with Gasteiger partial charge in [-0.3, -0.25) is 4.79 Å². The SMILES string of the molecule is CCCCn1c(-c2ccc(C)cc2)cc(=O)c2ccccc21. The first-order chi connectivity index (χ1) is 10.7. The Morgan fingerprint density at radius 1 is 1.00 bits per heavy atom. The summed E-state index contributed by atoms with van der Waals surface area (Å²) in [5, 5.41) is 0.800. The molecule has 2 nitrogen and oxygen atoms in total. The molecule has 0 saturated heterocycles. The molecule has 0 aliphatic carbocycles. The molecule has 0 spiro atoms. The van der Waals surface area contributed by atoms with Gasteiger partial charge in [-0.2, -0.15) is 0 Å². The highest BCUT2D eigenvalue weighted by Crippen LogP contribution is 2.23. The first kappa shape index (κ1) is 14.6. The molecule has 0 aliphatic rings. The standard InChI is InChI=1S/C20H21NO/c1-3-4-13-21-18-8-6-5-7-17(18)20(22)14-19(21)16-11-9-15(2)10-12-16/h5-12,14H,3-4,13H2,1-2H3. The Labute approximate surface area is 131 Å². The van der Waals surface area contributed by atoms with Gasteiger partial charge in [0.05, 0.1) is 11.2 Å². The summed E-state index contributed by atoms with van der Waals surface area (Å²) < 4.78 is 2.28. The predicted molar refractivity (Wildman–Crippen MR) is 93.3 cm³/mol. The van der Waals surface area contributed by atoms with Crippen molar-refractivity contribution in [2.45, 2.75) is 33.2 Å². The van der Waals surface area contributed by atoms with Crippen molar-refractivity contribution >= 4 is 10.9 Å². The molecule has 3 aromatic rings. The van der Waals surface area contributed by atoms with Gasteiger partial charge in [-0.05, 0) is 31.0 Å². The fourth-order valence-corrected chi connectivity index (χ4v) is 2.85. The predicted octanol–water partition coefficient (Wildman–Crippen LogP) is 4.78. The van der Waals surface area contributed by atoms with Crippen LogP contribution in [0.2, 0.25) is 0 Å². The molecule has 1 aromatic heterocycles. The van der Waals surface area contributed by atoms with Gasteiger partial charge in [0.15, 0.2) is 5.43 Å². The lowest BCUT2D eigenvalue weighted by Gasteiger charge is -2.17. The van der Waals surface area contributed by atoms with Crippen molar-refractivity contribution < 1.29 is 0 Å². The number of para-hydroxylation sites is 1. The van der Waals surface area contributed by atoms with Crippen molar-refractivity contribution in [3.05, 3.63) is 70.4 Å². The van der Waals surface area contributed by atoms with E-state index in [9.17, 15) is 4.79 Å². The van der Waals surface area contributed by atoms with Crippen molar-refractivity contribution in [1.29, 1.82) is 0 Å². The molecule has 2 aromatic carbocycles. The van der Waals surface area contributed by atoms with Gasteiger partial charge < -0.3 is 4.57 Å². The molecule has 0 unspecified atom stereocenters. The second-order valence-corrected chi connectivity index (χ2v) is 5.78. The number of hydrogen-bond acceptors (Lipinski definition) is 1. The van der Waals surface area contributed by atoms with Crippen LogP contribution in [0.5, 0.6) is 0 Å². The fourth-order valence-electron chi connectivity index (χ4n) is 2.85. The Hall–Kier alpha value is -2.35. The van der Waals surface area contributed by atoms with E-state index in [4.69, 9.17) is 0 Å². The van der Waals surface area contributed by atoms with E-state index >= 15 is 0 Å². The molecule has 0 fully saturated rings. The summed E-state index contributed by atoms with van der Waals surface area (Å²) in [6.45, 7) is 5.20. The number of aryl methyl sites for hydroxylation is 2. The molecule has 0 N–H and O–H groups in total. The number of hydrogen-bond donors (Lipinski definition) is 0. The first-order valence-electron chi connectivity index (χ1n) is 7.90. The molecular formula is C20H21NO. The molecule has 3 rings (SSSR count). The Balaban J connectivity index is 2.28. The summed E-state index contributed by atoms with van der Waals surface area (Å²) >= 11 is 0. The highest BCUT2D eigenvalue weighted by Gasteiger charge is 2.10. The molecule has 0 saturated carbocycles. The Kier molecular flexibility index (Phi) is 4.10. The van der Waals surface area contributed by atoms with E-state index < -0.39 is 0 Å². The van der Waals surface area contributed by atoms with Gasteiger partial charge in [0, 0.05) is 18.0 Å². The first-order valence-corrected chi connectivity index (χ1v) is 7.90. The van der Waals surface area contributed by atoms with Crippen LogP contribution in [0.4, 0.5) is 0 Å². The van der Waals surface area contributed by atoms with Gasteiger partial charge in [0.25, 0.3) is 0 Å². The van der Waals surface area contributed by atoms with Gasteiger partial charge in [0.1, 0.15) is 0 Å². The minimum Gasteiger partial charge on any atom is -0.340 e. The molecule has 112 valence electrons. The molecule has 0 atom stereocenters.